The number of sulfonamides is 1. The summed E-state index contributed by atoms with van der Waals surface area (Å²) in [5, 5.41) is 15.4. The van der Waals surface area contributed by atoms with Gasteiger partial charge < -0.3 is 9.47 Å². The van der Waals surface area contributed by atoms with Gasteiger partial charge in [-0.3, -0.25) is 4.68 Å². The minimum absolute atomic E-state index is 0.0525. The standard InChI is InChI=1S/C13H14N10O4S2/c1-21-11(7(6-14-21)10-17-20-22(2)18-10)29(24,25)19-13-16-12-15-8(26-3)5-9(27-4)23(12)28-13/h5-6H,1-4H3. The van der Waals surface area contributed by atoms with Gasteiger partial charge in [0.1, 0.15) is 0 Å². The second-order valence-electron chi connectivity index (χ2n) is 5.58. The lowest BCUT2D eigenvalue weighted by molar-refractivity contribution is 0.372. The van der Waals surface area contributed by atoms with Crippen LogP contribution in [-0.2, 0) is 24.1 Å². The van der Waals surface area contributed by atoms with Crippen molar-refractivity contribution in [1.29, 1.82) is 0 Å². The Morgan fingerprint density at radius 2 is 1.97 bits per heavy atom. The average Bonchev–Trinajstić information content (AvgIpc) is 3.38. The van der Waals surface area contributed by atoms with Crippen LogP contribution < -0.4 is 14.3 Å². The van der Waals surface area contributed by atoms with E-state index in [0.717, 1.165) is 11.5 Å². The average molecular weight is 438 g/mol. The molecule has 0 spiro atoms. The maximum atomic E-state index is 13.0. The maximum Gasteiger partial charge on any atom is 0.303 e. The van der Waals surface area contributed by atoms with Crippen molar-refractivity contribution in [3.63, 3.8) is 0 Å². The fourth-order valence-electron chi connectivity index (χ4n) is 2.49. The monoisotopic (exact) mass is 438 g/mol. The fourth-order valence-corrected chi connectivity index (χ4v) is 4.72. The number of tetrazole rings is 1. The molecule has 0 aliphatic carbocycles. The van der Waals surface area contributed by atoms with Crippen LogP contribution in [0.4, 0.5) is 0 Å². The van der Waals surface area contributed by atoms with Crippen LogP contribution in [0.3, 0.4) is 0 Å². The molecule has 0 bridgehead atoms. The number of nitrogens with zero attached hydrogens (tertiary/aromatic N) is 10. The lowest BCUT2D eigenvalue weighted by atomic mass is 10.3. The van der Waals surface area contributed by atoms with Gasteiger partial charge in [0.2, 0.25) is 22.4 Å². The third-order valence-electron chi connectivity index (χ3n) is 3.70. The van der Waals surface area contributed by atoms with Crippen LogP contribution in [0.2, 0.25) is 0 Å². The highest BCUT2D eigenvalue weighted by Crippen LogP contribution is 2.25. The Balaban J connectivity index is 1.88. The highest BCUT2D eigenvalue weighted by atomic mass is 32.2. The minimum atomic E-state index is -4.21. The zero-order valence-electron chi connectivity index (χ0n) is 15.6. The molecule has 0 saturated carbocycles. The molecule has 4 heterocycles. The number of ether oxygens (including phenoxy) is 2. The molecular formula is C13H14N10O4S2. The lowest BCUT2D eigenvalue weighted by Gasteiger charge is -2.03. The smallest absolute Gasteiger partial charge is 0.303 e. The summed E-state index contributed by atoms with van der Waals surface area (Å²) in [7, 11) is 1.75. The highest BCUT2D eigenvalue weighted by molar-refractivity contribution is 7.90. The topological polar surface area (TPSA) is 157 Å². The van der Waals surface area contributed by atoms with Crippen molar-refractivity contribution in [2.75, 3.05) is 14.2 Å². The summed E-state index contributed by atoms with van der Waals surface area (Å²) in [6, 6.07) is 1.54. The van der Waals surface area contributed by atoms with Gasteiger partial charge in [-0.1, -0.05) is 0 Å². The van der Waals surface area contributed by atoms with Gasteiger partial charge in [-0.2, -0.15) is 32.1 Å². The fraction of sp³-hybridized carbons (Fsp3) is 0.308. The number of hydrogen-bond donors (Lipinski definition) is 0. The summed E-state index contributed by atoms with van der Waals surface area (Å²) in [5.41, 5.74) is 0.176. The van der Waals surface area contributed by atoms with Gasteiger partial charge in [0.15, 0.2) is 5.03 Å². The summed E-state index contributed by atoms with van der Waals surface area (Å²) < 4.78 is 42.9. The Labute approximate surface area is 167 Å². The van der Waals surface area contributed by atoms with Crippen LogP contribution >= 0.6 is 11.5 Å². The molecule has 16 heteroatoms. The molecule has 0 amide bonds. The number of rotatable bonds is 5. The van der Waals surface area contributed by atoms with Crippen molar-refractivity contribution in [2.45, 2.75) is 5.03 Å². The van der Waals surface area contributed by atoms with Gasteiger partial charge in [-0.25, -0.2) is 0 Å². The van der Waals surface area contributed by atoms with E-state index in [4.69, 9.17) is 9.47 Å². The Morgan fingerprint density at radius 1 is 1.17 bits per heavy atom. The molecule has 0 aromatic carbocycles. The Bertz CT molecular complexity index is 1380. The van der Waals surface area contributed by atoms with Crippen LogP contribution in [0.15, 0.2) is 21.7 Å². The van der Waals surface area contributed by atoms with Crippen LogP contribution in [0.1, 0.15) is 0 Å². The third-order valence-corrected chi connectivity index (χ3v) is 6.08. The molecule has 4 aromatic rings. The van der Waals surface area contributed by atoms with E-state index in [-0.39, 0.29) is 32.9 Å². The zero-order chi connectivity index (χ0) is 20.8. The third kappa shape index (κ3) is 3.31. The van der Waals surface area contributed by atoms with Crippen LogP contribution in [0.25, 0.3) is 17.2 Å². The Kier molecular flexibility index (Phi) is 4.50. The first kappa shape index (κ1) is 18.9. The van der Waals surface area contributed by atoms with Crippen LogP contribution in [0.5, 0.6) is 11.8 Å². The van der Waals surface area contributed by atoms with Gasteiger partial charge in [0.25, 0.3) is 5.78 Å². The number of hydrogen-bond acceptors (Lipinski definition) is 11. The van der Waals surface area contributed by atoms with E-state index in [0.29, 0.717) is 5.88 Å². The van der Waals surface area contributed by atoms with Crippen molar-refractivity contribution < 1.29 is 17.9 Å². The molecule has 4 aromatic heterocycles. The van der Waals surface area contributed by atoms with E-state index < -0.39 is 10.0 Å². The van der Waals surface area contributed by atoms with Crippen molar-refractivity contribution in [3.8, 4) is 23.1 Å². The first-order valence-electron chi connectivity index (χ1n) is 7.89. The van der Waals surface area contributed by atoms with Crippen molar-refractivity contribution in [1.82, 2.24) is 43.7 Å². The first-order chi connectivity index (χ1) is 13.8. The molecule has 152 valence electrons. The van der Waals surface area contributed by atoms with Crippen molar-refractivity contribution in [3.05, 3.63) is 17.1 Å². The van der Waals surface area contributed by atoms with Crippen LogP contribution in [0, 0.1) is 0 Å². The summed E-state index contributed by atoms with van der Waals surface area (Å²) in [4.78, 5) is 9.47. The lowest BCUT2D eigenvalue weighted by Crippen LogP contribution is -2.11. The number of aryl methyl sites for hydroxylation is 2. The van der Waals surface area contributed by atoms with E-state index in [1.54, 1.807) is 13.1 Å². The number of fused-ring (bicyclic) bond motifs is 1. The minimum Gasteiger partial charge on any atom is -0.481 e. The van der Waals surface area contributed by atoms with E-state index >= 15 is 0 Å². The van der Waals surface area contributed by atoms with Gasteiger partial charge in [0, 0.05) is 7.05 Å². The molecule has 0 aliphatic rings. The van der Waals surface area contributed by atoms with E-state index in [1.807, 2.05) is 0 Å². The SMILES string of the molecule is COc1cc(OC)n2sc(=NS(=O)(=O)c3c(-c4nnn(C)n4)cnn3C)nc2n1. The predicted molar refractivity (Wildman–Crippen MR) is 97.7 cm³/mol. The van der Waals surface area contributed by atoms with Gasteiger partial charge >= 0.3 is 10.0 Å². The predicted octanol–water partition coefficient (Wildman–Crippen LogP) is -0.978. The van der Waals surface area contributed by atoms with Gasteiger partial charge in [-0.05, 0) is 16.7 Å². The summed E-state index contributed by atoms with van der Waals surface area (Å²) in [5.74, 6) is 0.930. The normalized spacial score (nSPS) is 12.6. The second kappa shape index (κ2) is 6.89. The number of aromatic nitrogens is 9. The first-order valence-corrected chi connectivity index (χ1v) is 10.1. The molecule has 0 radical (unpaired) electrons. The molecule has 0 fully saturated rings. The molecule has 0 atom stereocenters. The maximum absolute atomic E-state index is 13.0. The molecule has 0 aliphatic heterocycles. The highest BCUT2D eigenvalue weighted by Gasteiger charge is 2.27. The quantitative estimate of drug-likeness (QED) is 0.379. The van der Waals surface area contributed by atoms with Crippen molar-refractivity contribution >= 4 is 27.3 Å². The second-order valence-corrected chi connectivity index (χ2v) is 8.01. The Morgan fingerprint density at radius 3 is 2.62 bits per heavy atom. The molecular weight excluding hydrogens is 424 g/mol. The Hall–Kier alpha value is -3.40. The van der Waals surface area contributed by atoms with E-state index in [9.17, 15) is 8.42 Å². The summed E-state index contributed by atoms with van der Waals surface area (Å²) in [6.45, 7) is 0. The molecule has 29 heavy (non-hydrogen) atoms. The molecule has 0 saturated heterocycles. The zero-order valence-corrected chi connectivity index (χ0v) is 17.2. The van der Waals surface area contributed by atoms with E-state index in [1.165, 1.54) is 40.7 Å². The van der Waals surface area contributed by atoms with Gasteiger partial charge in [0.05, 0.1) is 39.1 Å². The summed E-state index contributed by atoms with van der Waals surface area (Å²) >= 11 is 0.943. The van der Waals surface area contributed by atoms with Gasteiger partial charge in [-0.15, -0.1) is 14.6 Å². The van der Waals surface area contributed by atoms with E-state index in [2.05, 4.69) is 34.9 Å². The van der Waals surface area contributed by atoms with Crippen LogP contribution in [-0.4, -0.2) is 66.4 Å². The molecule has 14 nitrogen and oxygen atoms in total. The summed E-state index contributed by atoms with van der Waals surface area (Å²) in [6.07, 6.45) is 1.34. The molecule has 0 unspecified atom stereocenters. The number of methoxy groups -OCH3 is 2. The largest absolute Gasteiger partial charge is 0.481 e. The molecule has 4 rings (SSSR count). The van der Waals surface area contributed by atoms with Crippen molar-refractivity contribution in [2.24, 2.45) is 18.5 Å². The molecule has 0 N–H and O–H groups in total.